The standard InChI is InChI=1S/C26H18Br2Cl2N2O4S/c1-2-32-24(33)22(37-26(32)31-18-5-3-4-15(11-18)25(34)35)10-14-8-19(27)23(20(28)9-14)36-13-16-6-7-17(29)12-21(16)30/h3-12H,2,13H2,1H3,(H,34,35). The molecule has 11 heteroatoms. The fourth-order valence-corrected chi connectivity index (χ4v) is 6.41. The highest BCUT2D eigenvalue weighted by Gasteiger charge is 2.32. The Morgan fingerprint density at radius 3 is 2.51 bits per heavy atom. The molecule has 1 N–H and O–H groups in total. The van der Waals surface area contributed by atoms with Crippen LogP contribution in [0.4, 0.5) is 5.69 Å². The molecule has 37 heavy (non-hydrogen) atoms. The Morgan fingerprint density at radius 1 is 1.14 bits per heavy atom. The molecular weight excluding hydrogens is 667 g/mol. The number of thioether (sulfide) groups is 1. The largest absolute Gasteiger partial charge is 0.486 e. The third-order valence-electron chi connectivity index (χ3n) is 5.23. The number of benzene rings is 3. The molecule has 0 aromatic heterocycles. The summed E-state index contributed by atoms with van der Waals surface area (Å²) in [5.74, 6) is -0.620. The number of likely N-dealkylation sites (N-methyl/N-ethyl adjacent to an activating group) is 1. The van der Waals surface area contributed by atoms with E-state index in [2.05, 4.69) is 36.9 Å². The number of amidine groups is 1. The lowest BCUT2D eigenvalue weighted by Crippen LogP contribution is -2.28. The SMILES string of the molecule is CCN1C(=O)C(=Cc2cc(Br)c(OCc3ccc(Cl)cc3Cl)c(Br)c2)SC1=Nc1cccc(C(=O)O)c1. The molecule has 0 atom stereocenters. The minimum absolute atomic E-state index is 0.130. The monoisotopic (exact) mass is 682 g/mol. The molecule has 0 unspecified atom stereocenters. The molecule has 1 amide bonds. The van der Waals surface area contributed by atoms with Gasteiger partial charge in [0.2, 0.25) is 0 Å². The molecule has 0 bridgehead atoms. The van der Waals surface area contributed by atoms with Crippen LogP contribution in [0.3, 0.4) is 0 Å². The zero-order valence-corrected chi connectivity index (χ0v) is 24.7. The summed E-state index contributed by atoms with van der Waals surface area (Å²) in [4.78, 5) is 30.9. The Morgan fingerprint density at radius 2 is 1.86 bits per heavy atom. The lowest BCUT2D eigenvalue weighted by molar-refractivity contribution is -0.122. The number of halogens is 4. The lowest BCUT2D eigenvalue weighted by atomic mass is 10.2. The van der Waals surface area contributed by atoms with E-state index < -0.39 is 5.97 Å². The second kappa shape index (κ2) is 12.0. The highest BCUT2D eigenvalue weighted by molar-refractivity contribution is 9.11. The molecule has 1 fully saturated rings. The zero-order valence-electron chi connectivity index (χ0n) is 19.2. The topological polar surface area (TPSA) is 79.2 Å². The predicted octanol–water partition coefficient (Wildman–Crippen LogP) is 8.42. The first-order valence-electron chi connectivity index (χ1n) is 10.9. The molecule has 1 aliphatic heterocycles. The van der Waals surface area contributed by atoms with Gasteiger partial charge in [-0.05, 0) is 105 Å². The second-order valence-corrected chi connectivity index (χ2v) is 11.3. The Hall–Kier alpha value is -2.30. The Bertz CT molecular complexity index is 1440. The van der Waals surface area contributed by atoms with Gasteiger partial charge in [-0.1, -0.05) is 35.3 Å². The van der Waals surface area contributed by atoms with Gasteiger partial charge in [0.15, 0.2) is 5.17 Å². The summed E-state index contributed by atoms with van der Waals surface area (Å²) in [6.07, 6.45) is 1.78. The molecule has 3 aromatic carbocycles. The number of amides is 1. The number of carboxylic acids is 1. The quantitative estimate of drug-likeness (QED) is 0.253. The average Bonchev–Trinajstić information content (AvgIpc) is 3.13. The van der Waals surface area contributed by atoms with Gasteiger partial charge in [-0.25, -0.2) is 9.79 Å². The Balaban J connectivity index is 1.57. The summed E-state index contributed by atoms with van der Waals surface area (Å²) in [5.41, 5.74) is 2.16. The fraction of sp³-hybridized carbons (Fsp3) is 0.115. The molecule has 0 radical (unpaired) electrons. The molecule has 0 saturated carbocycles. The van der Waals surface area contributed by atoms with Crippen LogP contribution in [0, 0.1) is 0 Å². The van der Waals surface area contributed by atoms with Crippen LogP contribution in [0.25, 0.3) is 6.08 Å². The molecule has 4 rings (SSSR count). The van der Waals surface area contributed by atoms with E-state index in [-0.39, 0.29) is 18.1 Å². The van der Waals surface area contributed by atoms with Crippen molar-refractivity contribution >= 4 is 95.6 Å². The molecule has 0 spiro atoms. The third kappa shape index (κ3) is 6.59. The van der Waals surface area contributed by atoms with Gasteiger partial charge in [-0.3, -0.25) is 9.69 Å². The molecule has 3 aromatic rings. The van der Waals surface area contributed by atoms with E-state index in [9.17, 15) is 14.7 Å². The fourth-order valence-electron chi connectivity index (χ4n) is 3.43. The highest BCUT2D eigenvalue weighted by Crippen LogP contribution is 2.39. The van der Waals surface area contributed by atoms with Crippen molar-refractivity contribution in [3.63, 3.8) is 0 Å². The minimum Gasteiger partial charge on any atom is -0.486 e. The molecule has 1 heterocycles. The van der Waals surface area contributed by atoms with E-state index in [1.807, 2.05) is 25.1 Å². The van der Waals surface area contributed by atoms with Crippen LogP contribution in [-0.2, 0) is 11.4 Å². The Kier molecular flexibility index (Phi) is 9.03. The summed E-state index contributed by atoms with van der Waals surface area (Å²) >= 11 is 20.6. The number of aromatic carboxylic acids is 1. The van der Waals surface area contributed by atoms with Gasteiger partial charge in [0.05, 0.1) is 25.1 Å². The molecule has 190 valence electrons. The van der Waals surface area contributed by atoms with Crippen molar-refractivity contribution in [2.75, 3.05) is 6.54 Å². The van der Waals surface area contributed by atoms with Crippen LogP contribution < -0.4 is 4.74 Å². The number of rotatable bonds is 7. The van der Waals surface area contributed by atoms with Crippen LogP contribution in [0.5, 0.6) is 5.75 Å². The van der Waals surface area contributed by atoms with Crippen molar-refractivity contribution in [2.24, 2.45) is 4.99 Å². The van der Waals surface area contributed by atoms with Gasteiger partial charge in [0.1, 0.15) is 12.4 Å². The Labute approximate surface area is 244 Å². The van der Waals surface area contributed by atoms with Gasteiger partial charge >= 0.3 is 5.97 Å². The predicted molar refractivity (Wildman–Crippen MR) is 156 cm³/mol. The molecule has 6 nitrogen and oxygen atoms in total. The third-order valence-corrected chi connectivity index (χ3v) is 8.00. The number of hydrogen-bond acceptors (Lipinski definition) is 5. The van der Waals surface area contributed by atoms with Gasteiger partial charge in [-0.2, -0.15) is 0 Å². The van der Waals surface area contributed by atoms with E-state index in [1.54, 1.807) is 35.2 Å². The maximum Gasteiger partial charge on any atom is 0.335 e. The number of carbonyl (C=O) groups excluding carboxylic acids is 1. The average molecular weight is 685 g/mol. The number of carboxylic acid groups (broad SMARTS) is 1. The van der Waals surface area contributed by atoms with Gasteiger partial charge < -0.3 is 9.84 Å². The summed E-state index contributed by atoms with van der Waals surface area (Å²) < 4.78 is 7.37. The van der Waals surface area contributed by atoms with Crippen molar-refractivity contribution in [3.8, 4) is 5.75 Å². The van der Waals surface area contributed by atoms with Gasteiger partial charge in [0.25, 0.3) is 5.91 Å². The van der Waals surface area contributed by atoms with Gasteiger partial charge in [0, 0.05) is 22.2 Å². The van der Waals surface area contributed by atoms with E-state index in [0.29, 0.717) is 47.0 Å². The summed E-state index contributed by atoms with van der Waals surface area (Å²) in [5, 5.41) is 10.8. The summed E-state index contributed by atoms with van der Waals surface area (Å²) in [7, 11) is 0. The second-order valence-electron chi connectivity index (χ2n) is 7.75. The number of hydrogen-bond donors (Lipinski definition) is 1. The molecule has 1 aliphatic rings. The summed E-state index contributed by atoms with van der Waals surface area (Å²) in [6.45, 7) is 2.53. The maximum absolute atomic E-state index is 13.1. The van der Waals surface area contributed by atoms with Crippen molar-refractivity contribution in [3.05, 3.63) is 95.2 Å². The highest BCUT2D eigenvalue weighted by atomic mass is 79.9. The first-order chi connectivity index (χ1) is 17.7. The van der Waals surface area contributed by atoms with Crippen molar-refractivity contribution < 1.29 is 19.4 Å². The van der Waals surface area contributed by atoms with Crippen LogP contribution >= 0.6 is 66.8 Å². The van der Waals surface area contributed by atoms with Gasteiger partial charge in [-0.15, -0.1) is 0 Å². The summed E-state index contributed by atoms with van der Waals surface area (Å²) in [6, 6.07) is 15.2. The van der Waals surface area contributed by atoms with Crippen LogP contribution in [0.1, 0.15) is 28.4 Å². The zero-order chi connectivity index (χ0) is 26.7. The smallest absolute Gasteiger partial charge is 0.335 e. The number of nitrogens with zero attached hydrogens (tertiary/aromatic N) is 2. The van der Waals surface area contributed by atoms with Crippen molar-refractivity contribution in [2.45, 2.75) is 13.5 Å². The number of aliphatic imine (C=N–C) groups is 1. The minimum atomic E-state index is -1.04. The molecular formula is C26H18Br2Cl2N2O4S. The van der Waals surface area contributed by atoms with Crippen LogP contribution in [0.2, 0.25) is 10.0 Å². The van der Waals surface area contributed by atoms with Crippen LogP contribution in [-0.4, -0.2) is 33.6 Å². The number of carbonyl (C=O) groups is 2. The molecule has 0 aliphatic carbocycles. The maximum atomic E-state index is 13.1. The van der Waals surface area contributed by atoms with Crippen molar-refractivity contribution in [1.82, 2.24) is 4.90 Å². The van der Waals surface area contributed by atoms with E-state index in [4.69, 9.17) is 27.9 Å². The normalized spacial score (nSPS) is 15.6. The molecule has 1 saturated heterocycles. The van der Waals surface area contributed by atoms with E-state index >= 15 is 0 Å². The lowest BCUT2D eigenvalue weighted by Gasteiger charge is -2.13. The van der Waals surface area contributed by atoms with E-state index in [0.717, 1.165) is 11.1 Å². The van der Waals surface area contributed by atoms with Crippen molar-refractivity contribution in [1.29, 1.82) is 0 Å². The van der Waals surface area contributed by atoms with E-state index in [1.165, 1.54) is 23.9 Å². The number of ether oxygens (including phenoxy) is 1. The first-order valence-corrected chi connectivity index (χ1v) is 14.0. The first kappa shape index (κ1) is 27.7. The van der Waals surface area contributed by atoms with Crippen LogP contribution in [0.15, 0.2) is 73.4 Å².